The van der Waals surface area contributed by atoms with Crippen molar-refractivity contribution in [2.45, 2.75) is 19.5 Å². The van der Waals surface area contributed by atoms with Gasteiger partial charge in [-0.2, -0.15) is 0 Å². The lowest BCUT2D eigenvalue weighted by molar-refractivity contribution is 0.0705. The number of piperazine rings is 1. The molecule has 3 aromatic rings. The first-order chi connectivity index (χ1) is 15.1. The van der Waals surface area contributed by atoms with E-state index in [1.165, 1.54) is 40.1 Å². The van der Waals surface area contributed by atoms with Crippen LogP contribution in [0.15, 0.2) is 30.6 Å². The monoisotopic (exact) mass is 421 g/mol. The summed E-state index contributed by atoms with van der Waals surface area (Å²) in [7, 11) is 2.18. The molecule has 0 saturated carbocycles. The molecule has 0 radical (unpaired) electrons. The summed E-state index contributed by atoms with van der Waals surface area (Å²) in [4.78, 5) is 30.7. The minimum absolute atomic E-state index is 0.224. The number of rotatable bonds is 4. The van der Waals surface area contributed by atoms with Crippen molar-refractivity contribution >= 4 is 22.8 Å². The van der Waals surface area contributed by atoms with Gasteiger partial charge in [0.2, 0.25) is 5.95 Å². The normalized spacial score (nSPS) is 17.7. The Balaban J connectivity index is 1.32. The lowest BCUT2D eigenvalue weighted by Gasteiger charge is -2.32. The van der Waals surface area contributed by atoms with Crippen LogP contribution in [0.1, 0.15) is 27.2 Å². The Labute approximate surface area is 180 Å². The van der Waals surface area contributed by atoms with Gasteiger partial charge in [-0.25, -0.2) is 15.4 Å². The number of aromatic nitrogens is 3. The summed E-state index contributed by atoms with van der Waals surface area (Å²) >= 11 is 0. The smallest absolute Gasteiger partial charge is 0.277 e. The quantitative estimate of drug-likeness (QED) is 0.432. The summed E-state index contributed by atoms with van der Waals surface area (Å²) < 4.78 is 0. The van der Waals surface area contributed by atoms with Crippen molar-refractivity contribution in [3.05, 3.63) is 53.0 Å². The van der Waals surface area contributed by atoms with E-state index >= 15 is 0 Å². The van der Waals surface area contributed by atoms with Gasteiger partial charge in [0.05, 0.1) is 12.1 Å². The first kappa shape index (κ1) is 19.9. The average molecular weight is 422 g/mol. The second kappa shape index (κ2) is 8.26. The Bertz CT molecular complexity index is 1090. The third kappa shape index (κ3) is 3.99. The number of nitrogens with one attached hydrogen (secondary N) is 2. The molecule has 0 spiro atoms. The second-order valence-electron chi connectivity index (χ2n) is 8.43. The summed E-state index contributed by atoms with van der Waals surface area (Å²) in [6.45, 7) is 6.98. The average Bonchev–Trinajstić information content (AvgIpc) is 3.17. The number of carbonyl (C=O) groups is 1. The SMILES string of the molecule is CN1CCN(Cc2ccc3c4c([nH]c3c2)CN(c2ncc(C(=O)NO)cn2)CC4)CC1. The third-order valence-electron chi connectivity index (χ3n) is 6.33. The zero-order valence-electron chi connectivity index (χ0n) is 17.6. The Morgan fingerprint density at radius 2 is 1.94 bits per heavy atom. The number of anilines is 1. The van der Waals surface area contributed by atoms with Crippen LogP contribution in [0.3, 0.4) is 0 Å². The van der Waals surface area contributed by atoms with Gasteiger partial charge >= 0.3 is 0 Å². The maximum absolute atomic E-state index is 11.5. The summed E-state index contributed by atoms with van der Waals surface area (Å²) in [6, 6.07) is 6.80. The van der Waals surface area contributed by atoms with E-state index in [2.05, 4.69) is 54.9 Å². The predicted octanol–water partition coefficient (Wildman–Crippen LogP) is 1.39. The fraction of sp³-hybridized carbons (Fsp3) is 0.409. The summed E-state index contributed by atoms with van der Waals surface area (Å²) in [6.07, 6.45) is 3.77. The van der Waals surface area contributed by atoms with Crippen LogP contribution >= 0.6 is 0 Å². The zero-order chi connectivity index (χ0) is 21.4. The van der Waals surface area contributed by atoms with Crippen molar-refractivity contribution in [3.8, 4) is 0 Å². The van der Waals surface area contributed by atoms with Crippen LogP contribution in [0.5, 0.6) is 0 Å². The molecule has 2 aliphatic rings. The number of aromatic amines is 1. The molecule has 31 heavy (non-hydrogen) atoms. The minimum Gasteiger partial charge on any atom is -0.357 e. The highest BCUT2D eigenvalue weighted by atomic mass is 16.5. The number of H-pyrrole nitrogens is 1. The number of nitrogens with zero attached hydrogens (tertiary/aromatic N) is 5. The topological polar surface area (TPSA) is 101 Å². The first-order valence-corrected chi connectivity index (χ1v) is 10.7. The molecule has 1 amide bonds. The molecule has 2 aromatic heterocycles. The van der Waals surface area contributed by atoms with E-state index in [9.17, 15) is 4.79 Å². The molecule has 0 atom stereocenters. The predicted molar refractivity (Wildman–Crippen MR) is 117 cm³/mol. The molecule has 4 heterocycles. The van der Waals surface area contributed by atoms with Crippen molar-refractivity contribution in [2.24, 2.45) is 0 Å². The molecule has 2 aliphatic heterocycles. The van der Waals surface area contributed by atoms with E-state index in [0.29, 0.717) is 12.5 Å². The van der Waals surface area contributed by atoms with Gasteiger partial charge in [0.25, 0.3) is 5.91 Å². The van der Waals surface area contributed by atoms with E-state index in [0.717, 1.165) is 45.7 Å². The van der Waals surface area contributed by atoms with E-state index in [-0.39, 0.29) is 5.56 Å². The van der Waals surface area contributed by atoms with Crippen molar-refractivity contribution in [1.82, 2.24) is 30.2 Å². The molecule has 0 aliphatic carbocycles. The number of hydrogen-bond acceptors (Lipinski definition) is 7. The molecule has 1 aromatic carbocycles. The fourth-order valence-corrected chi connectivity index (χ4v) is 4.50. The van der Waals surface area contributed by atoms with Crippen molar-refractivity contribution in [1.29, 1.82) is 0 Å². The molecule has 5 rings (SSSR count). The Hall–Kier alpha value is -3.01. The van der Waals surface area contributed by atoms with E-state index in [1.807, 2.05) is 0 Å². The molecule has 9 heteroatoms. The van der Waals surface area contributed by atoms with Gasteiger partial charge < -0.3 is 14.8 Å². The van der Waals surface area contributed by atoms with Crippen molar-refractivity contribution in [3.63, 3.8) is 0 Å². The molecule has 1 saturated heterocycles. The van der Waals surface area contributed by atoms with Crippen LogP contribution in [-0.2, 0) is 19.5 Å². The highest BCUT2D eigenvalue weighted by molar-refractivity contribution is 5.92. The van der Waals surface area contributed by atoms with Gasteiger partial charge in [0.1, 0.15) is 0 Å². The van der Waals surface area contributed by atoms with E-state index in [4.69, 9.17) is 5.21 Å². The van der Waals surface area contributed by atoms with Crippen LogP contribution in [0, 0.1) is 0 Å². The highest BCUT2D eigenvalue weighted by Gasteiger charge is 2.23. The molecular formula is C22H27N7O2. The van der Waals surface area contributed by atoms with Crippen LogP contribution < -0.4 is 10.4 Å². The lowest BCUT2D eigenvalue weighted by Crippen LogP contribution is -2.43. The molecule has 0 bridgehead atoms. The summed E-state index contributed by atoms with van der Waals surface area (Å²) in [5, 5.41) is 10.0. The maximum atomic E-state index is 11.5. The van der Waals surface area contributed by atoms with E-state index in [1.54, 1.807) is 5.48 Å². The Morgan fingerprint density at radius 1 is 1.16 bits per heavy atom. The van der Waals surface area contributed by atoms with Crippen LogP contribution in [-0.4, -0.2) is 75.6 Å². The van der Waals surface area contributed by atoms with Crippen LogP contribution in [0.25, 0.3) is 10.9 Å². The molecular weight excluding hydrogens is 394 g/mol. The molecule has 0 unspecified atom stereocenters. The second-order valence-corrected chi connectivity index (χ2v) is 8.43. The molecule has 162 valence electrons. The molecule has 3 N–H and O–H groups in total. The van der Waals surface area contributed by atoms with Gasteiger partial charge in [0, 0.05) is 68.3 Å². The highest BCUT2D eigenvalue weighted by Crippen LogP contribution is 2.29. The largest absolute Gasteiger partial charge is 0.357 e. The number of hydrogen-bond donors (Lipinski definition) is 3. The van der Waals surface area contributed by atoms with Gasteiger partial charge in [-0.3, -0.25) is 14.9 Å². The number of fused-ring (bicyclic) bond motifs is 3. The van der Waals surface area contributed by atoms with Crippen molar-refractivity contribution < 1.29 is 10.0 Å². The van der Waals surface area contributed by atoms with Crippen molar-refractivity contribution in [2.75, 3.05) is 44.7 Å². The Morgan fingerprint density at radius 3 is 2.68 bits per heavy atom. The number of likely N-dealkylation sites (N-methyl/N-ethyl adjacent to an activating group) is 1. The fourth-order valence-electron chi connectivity index (χ4n) is 4.50. The lowest BCUT2D eigenvalue weighted by atomic mass is 10.0. The van der Waals surface area contributed by atoms with Gasteiger partial charge in [-0.15, -0.1) is 0 Å². The van der Waals surface area contributed by atoms with E-state index < -0.39 is 5.91 Å². The van der Waals surface area contributed by atoms with Gasteiger partial charge in [0.15, 0.2) is 0 Å². The Kier molecular flexibility index (Phi) is 5.31. The molecule has 9 nitrogen and oxygen atoms in total. The number of amides is 1. The number of hydroxylamine groups is 1. The minimum atomic E-state index is -0.615. The van der Waals surface area contributed by atoms with Crippen LogP contribution in [0.2, 0.25) is 0 Å². The zero-order valence-corrected chi connectivity index (χ0v) is 17.6. The standard InChI is InChI=1S/C22H27N7O2/c1-27-6-8-28(9-7-27)13-15-2-3-17-18-4-5-29(14-20(18)25-19(17)10-15)22-23-11-16(12-24-22)21(30)26-31/h2-3,10-12,25,31H,4-9,13-14H2,1H3,(H,26,30). The number of carbonyl (C=O) groups excluding carboxylic acids is 1. The van der Waals surface area contributed by atoms with Gasteiger partial charge in [-0.1, -0.05) is 12.1 Å². The van der Waals surface area contributed by atoms with Crippen LogP contribution in [0.4, 0.5) is 5.95 Å². The summed E-state index contributed by atoms with van der Waals surface area (Å²) in [5.74, 6) is -0.0370. The van der Waals surface area contributed by atoms with Gasteiger partial charge in [-0.05, 0) is 30.7 Å². The molecule has 1 fully saturated rings. The first-order valence-electron chi connectivity index (χ1n) is 10.7. The third-order valence-corrected chi connectivity index (χ3v) is 6.33. The maximum Gasteiger partial charge on any atom is 0.277 e. The number of benzene rings is 1. The summed E-state index contributed by atoms with van der Waals surface area (Å²) in [5.41, 5.74) is 6.92.